The molecule has 0 aliphatic heterocycles. The molecular weight excluding hydrogens is 450 g/mol. The molecule has 2 N–H and O–H groups in total. The predicted molar refractivity (Wildman–Crippen MR) is 126 cm³/mol. The van der Waals surface area contributed by atoms with Gasteiger partial charge >= 0.3 is 17.1 Å². The van der Waals surface area contributed by atoms with E-state index in [1.807, 2.05) is 66.7 Å². The number of nitro groups is 1. The summed E-state index contributed by atoms with van der Waals surface area (Å²) in [6.07, 6.45) is 0. The topological polar surface area (TPSA) is 67.2 Å². The van der Waals surface area contributed by atoms with Crippen molar-refractivity contribution in [1.82, 2.24) is 5.32 Å². The van der Waals surface area contributed by atoms with Gasteiger partial charge in [0.25, 0.3) is 5.69 Å². The summed E-state index contributed by atoms with van der Waals surface area (Å²) in [6.45, 7) is 0.495. The fourth-order valence-corrected chi connectivity index (χ4v) is 2.92. The molecule has 0 unspecified atom stereocenters. The van der Waals surface area contributed by atoms with Crippen molar-refractivity contribution in [3.8, 4) is 11.1 Å². The molecule has 4 rings (SSSR count). The van der Waals surface area contributed by atoms with Crippen molar-refractivity contribution in [1.29, 1.82) is 0 Å². The van der Waals surface area contributed by atoms with Gasteiger partial charge in [-0.05, 0) is 17.8 Å². The van der Waals surface area contributed by atoms with Crippen molar-refractivity contribution in [3.63, 3.8) is 0 Å². The molecule has 0 aromatic heterocycles. The summed E-state index contributed by atoms with van der Waals surface area (Å²) in [5, 5.41) is 17.4. The third-order valence-electron chi connectivity index (χ3n) is 4.29. The Bertz CT molecular complexity index is 1030. The number of rotatable bonds is 5. The first-order valence-corrected chi connectivity index (χ1v) is 9.79. The molecule has 0 aliphatic rings. The number of anilines is 1. The molecular formula is C24H21FeN3O2S. The van der Waals surface area contributed by atoms with E-state index in [9.17, 15) is 10.1 Å². The average molecular weight is 471 g/mol. The molecule has 0 spiro atoms. The van der Waals surface area contributed by atoms with Gasteiger partial charge in [0.05, 0.1) is 4.92 Å². The predicted octanol–water partition coefficient (Wildman–Crippen LogP) is 5.87. The van der Waals surface area contributed by atoms with E-state index >= 15 is 0 Å². The van der Waals surface area contributed by atoms with Crippen LogP contribution in [0.1, 0.15) is 5.56 Å². The Morgan fingerprint density at radius 1 is 0.968 bits per heavy atom. The zero-order chi connectivity index (χ0) is 21.2. The first-order valence-electron chi connectivity index (χ1n) is 9.39. The molecule has 4 aromatic rings. The van der Waals surface area contributed by atoms with Gasteiger partial charge in [-0.15, -0.1) is 29.8 Å². The minimum Gasteiger partial charge on any atom is -0.358 e. The standard InChI is InChI=1S/C19H16N3O2S.C5H5.Fe/c23-22(24)18-11-5-14(6-12-18)13-20-19(25)21-17-9-7-16(8-10-17)15-3-1-2-4-15;1-2-4-5-3-1;/h1-12H,13H2,(H2,20,21,25);1-5H;/q2*-1;+2. The molecule has 0 saturated carbocycles. The van der Waals surface area contributed by atoms with Crippen LogP contribution < -0.4 is 10.6 Å². The van der Waals surface area contributed by atoms with Crippen molar-refractivity contribution in [2.45, 2.75) is 6.54 Å². The Morgan fingerprint density at radius 2 is 1.58 bits per heavy atom. The maximum absolute atomic E-state index is 10.6. The van der Waals surface area contributed by atoms with Crippen LogP contribution in [0, 0.1) is 10.1 Å². The van der Waals surface area contributed by atoms with Gasteiger partial charge in [0.1, 0.15) is 0 Å². The van der Waals surface area contributed by atoms with Gasteiger partial charge in [0.2, 0.25) is 0 Å². The van der Waals surface area contributed by atoms with Crippen molar-refractivity contribution < 1.29 is 22.0 Å². The summed E-state index contributed by atoms with van der Waals surface area (Å²) in [4.78, 5) is 10.2. The van der Waals surface area contributed by atoms with Crippen molar-refractivity contribution in [2.24, 2.45) is 0 Å². The van der Waals surface area contributed by atoms with Crippen LogP contribution in [-0.2, 0) is 23.6 Å². The average Bonchev–Trinajstić information content (AvgIpc) is 3.50. The first-order chi connectivity index (χ1) is 14.6. The molecule has 0 saturated heterocycles. The number of hydrogen-bond donors (Lipinski definition) is 2. The summed E-state index contributed by atoms with van der Waals surface area (Å²) in [6, 6.07) is 32.6. The van der Waals surface area contributed by atoms with Crippen LogP contribution >= 0.6 is 12.2 Å². The van der Waals surface area contributed by atoms with E-state index in [4.69, 9.17) is 12.2 Å². The molecule has 158 valence electrons. The summed E-state index contributed by atoms with van der Waals surface area (Å²) in [7, 11) is 0. The van der Waals surface area contributed by atoms with Gasteiger partial charge in [-0.25, -0.2) is 12.1 Å². The molecule has 0 heterocycles. The van der Waals surface area contributed by atoms with Crippen LogP contribution in [0.2, 0.25) is 0 Å². The molecule has 0 amide bonds. The van der Waals surface area contributed by atoms with E-state index in [0.29, 0.717) is 11.7 Å². The Labute approximate surface area is 197 Å². The van der Waals surface area contributed by atoms with E-state index in [0.717, 1.165) is 16.8 Å². The molecule has 0 bridgehead atoms. The smallest absolute Gasteiger partial charge is 0.358 e. The second-order valence-corrected chi connectivity index (χ2v) is 6.85. The molecule has 5 nitrogen and oxygen atoms in total. The SMILES string of the molecule is O=[N+]([O-])c1ccc(CNC(=S)Nc2ccc(-[c-]3cccc3)cc2)cc1.[Fe+2].c1cc[cH-]c1. The summed E-state index contributed by atoms with van der Waals surface area (Å²) >= 11 is 5.28. The monoisotopic (exact) mass is 471 g/mol. The third-order valence-corrected chi connectivity index (χ3v) is 4.54. The number of nitro benzene ring substituents is 1. The van der Waals surface area contributed by atoms with E-state index in [2.05, 4.69) is 22.8 Å². The zero-order valence-corrected chi connectivity index (χ0v) is 18.5. The fraction of sp³-hybridized carbons (Fsp3) is 0.0417. The molecule has 4 aromatic carbocycles. The second kappa shape index (κ2) is 12.4. The summed E-state index contributed by atoms with van der Waals surface area (Å²) in [5.74, 6) is 0. The molecule has 0 radical (unpaired) electrons. The minimum absolute atomic E-state index is 0. The van der Waals surface area contributed by atoms with Crippen LogP contribution in [0.4, 0.5) is 11.4 Å². The number of non-ortho nitro benzene ring substituents is 1. The second-order valence-electron chi connectivity index (χ2n) is 6.44. The Hall–Kier alpha value is -3.25. The maximum Gasteiger partial charge on any atom is 2.00 e. The molecule has 0 atom stereocenters. The van der Waals surface area contributed by atoms with E-state index in [-0.39, 0.29) is 22.8 Å². The van der Waals surface area contributed by atoms with Crippen LogP contribution in [0.15, 0.2) is 103 Å². The number of hydrogen-bond acceptors (Lipinski definition) is 3. The third kappa shape index (κ3) is 7.83. The van der Waals surface area contributed by atoms with E-state index in [1.165, 1.54) is 17.7 Å². The van der Waals surface area contributed by atoms with Crippen LogP contribution in [-0.4, -0.2) is 10.0 Å². The normalized spacial score (nSPS) is 9.55. The maximum atomic E-state index is 10.6. The number of thiocarbonyl (C=S) groups is 1. The van der Waals surface area contributed by atoms with Crippen molar-refractivity contribution in [2.75, 3.05) is 5.32 Å². The Balaban J connectivity index is 0.000000501. The van der Waals surface area contributed by atoms with Gasteiger partial charge in [-0.2, -0.15) is 30.3 Å². The van der Waals surface area contributed by atoms with E-state index in [1.54, 1.807) is 12.1 Å². The molecule has 0 aliphatic carbocycles. The van der Waals surface area contributed by atoms with Crippen molar-refractivity contribution >= 4 is 28.7 Å². The molecule has 31 heavy (non-hydrogen) atoms. The number of nitrogens with zero attached hydrogens (tertiary/aromatic N) is 1. The summed E-state index contributed by atoms with van der Waals surface area (Å²) < 4.78 is 0. The minimum atomic E-state index is -0.414. The number of nitrogens with one attached hydrogen (secondary N) is 2. The zero-order valence-electron chi connectivity index (χ0n) is 16.5. The largest absolute Gasteiger partial charge is 2.00 e. The van der Waals surface area contributed by atoms with Crippen LogP contribution in [0.5, 0.6) is 0 Å². The molecule has 0 fully saturated rings. The van der Waals surface area contributed by atoms with Gasteiger partial charge in [0.15, 0.2) is 5.11 Å². The Morgan fingerprint density at radius 3 is 2.10 bits per heavy atom. The van der Waals surface area contributed by atoms with Gasteiger partial charge < -0.3 is 10.6 Å². The molecule has 7 heteroatoms. The van der Waals surface area contributed by atoms with Gasteiger partial charge in [0, 0.05) is 24.4 Å². The van der Waals surface area contributed by atoms with Gasteiger partial charge in [-0.3, -0.25) is 10.1 Å². The Kier molecular flexibility index (Phi) is 9.64. The quantitative estimate of drug-likeness (QED) is 0.125. The van der Waals surface area contributed by atoms with E-state index < -0.39 is 4.92 Å². The summed E-state index contributed by atoms with van der Waals surface area (Å²) in [5.41, 5.74) is 4.23. The van der Waals surface area contributed by atoms with Crippen molar-refractivity contribution in [3.05, 3.63) is 119 Å². The fourth-order valence-electron chi connectivity index (χ4n) is 2.73. The van der Waals surface area contributed by atoms with Crippen LogP contribution in [0.25, 0.3) is 11.1 Å². The first kappa shape index (κ1) is 24.0. The van der Waals surface area contributed by atoms with Gasteiger partial charge in [-0.1, -0.05) is 29.8 Å². The van der Waals surface area contributed by atoms with Crippen LogP contribution in [0.3, 0.4) is 0 Å². The number of benzene rings is 2.